The molecule has 166 valence electrons. The highest BCUT2D eigenvalue weighted by molar-refractivity contribution is 9.10. The smallest absolute Gasteiger partial charge is 0.270 e. The van der Waals surface area contributed by atoms with Gasteiger partial charge in [0.05, 0.1) is 33.0 Å². The molecule has 0 bridgehead atoms. The molecule has 0 aliphatic rings. The van der Waals surface area contributed by atoms with Crippen LogP contribution >= 0.6 is 27.7 Å². The van der Waals surface area contributed by atoms with Crippen LogP contribution in [0.2, 0.25) is 0 Å². The van der Waals surface area contributed by atoms with E-state index in [1.54, 1.807) is 24.3 Å². The number of nitrogens with one attached hydrogen (secondary N) is 1. The molecule has 1 heterocycles. The van der Waals surface area contributed by atoms with Gasteiger partial charge in [0.25, 0.3) is 11.2 Å². The van der Waals surface area contributed by atoms with E-state index < -0.39 is 4.92 Å². The fourth-order valence-electron chi connectivity index (χ4n) is 3.24. The van der Waals surface area contributed by atoms with Crippen molar-refractivity contribution in [2.24, 2.45) is 0 Å². The number of nitro groups is 1. The Morgan fingerprint density at radius 1 is 1.15 bits per heavy atom. The number of aryl methyl sites for hydroxylation is 1. The molecule has 0 saturated heterocycles. The van der Waals surface area contributed by atoms with Crippen molar-refractivity contribution in [2.75, 3.05) is 11.1 Å². The van der Waals surface area contributed by atoms with Gasteiger partial charge in [0, 0.05) is 16.6 Å². The summed E-state index contributed by atoms with van der Waals surface area (Å²) in [5.41, 5.74) is 2.31. The topological polar surface area (TPSA) is 107 Å². The number of amides is 1. The van der Waals surface area contributed by atoms with Crippen LogP contribution in [0.3, 0.4) is 0 Å². The molecule has 33 heavy (non-hydrogen) atoms. The van der Waals surface area contributed by atoms with Crippen LogP contribution in [0.25, 0.3) is 16.6 Å². The van der Waals surface area contributed by atoms with E-state index in [2.05, 4.69) is 26.2 Å². The number of hydrogen-bond acceptors (Lipinski definition) is 6. The number of non-ortho nitro benzene ring substituents is 1. The van der Waals surface area contributed by atoms with Gasteiger partial charge in [-0.25, -0.2) is 4.98 Å². The first-order valence-electron chi connectivity index (χ1n) is 9.79. The summed E-state index contributed by atoms with van der Waals surface area (Å²) in [6.07, 6.45) is 0. The van der Waals surface area contributed by atoms with E-state index in [9.17, 15) is 19.7 Å². The van der Waals surface area contributed by atoms with Gasteiger partial charge in [0.1, 0.15) is 0 Å². The van der Waals surface area contributed by atoms with Crippen LogP contribution < -0.4 is 10.9 Å². The van der Waals surface area contributed by atoms with Crippen LogP contribution in [-0.2, 0) is 4.79 Å². The van der Waals surface area contributed by atoms with Crippen molar-refractivity contribution in [3.05, 3.63) is 97.2 Å². The maximum Gasteiger partial charge on any atom is 0.270 e. The van der Waals surface area contributed by atoms with Gasteiger partial charge in [0.2, 0.25) is 5.91 Å². The van der Waals surface area contributed by atoms with E-state index in [4.69, 9.17) is 0 Å². The van der Waals surface area contributed by atoms with Crippen molar-refractivity contribution in [1.82, 2.24) is 9.55 Å². The number of para-hydroxylation sites is 1. The molecule has 0 radical (unpaired) electrons. The van der Waals surface area contributed by atoms with Gasteiger partial charge < -0.3 is 5.32 Å². The molecule has 0 spiro atoms. The fourth-order valence-corrected chi connectivity index (χ4v) is 4.52. The highest BCUT2D eigenvalue weighted by atomic mass is 79.9. The van der Waals surface area contributed by atoms with Crippen molar-refractivity contribution in [2.45, 2.75) is 12.1 Å². The molecule has 4 rings (SSSR count). The zero-order chi connectivity index (χ0) is 23.5. The monoisotopic (exact) mass is 524 g/mol. The number of halogens is 1. The zero-order valence-corrected chi connectivity index (χ0v) is 19.7. The summed E-state index contributed by atoms with van der Waals surface area (Å²) < 4.78 is 1.91. The number of rotatable bonds is 6. The number of carbonyl (C=O) groups excluding carboxylic acids is 1. The zero-order valence-electron chi connectivity index (χ0n) is 17.3. The minimum absolute atomic E-state index is 0.0139. The Hall–Kier alpha value is -3.50. The summed E-state index contributed by atoms with van der Waals surface area (Å²) in [5, 5.41) is 14.5. The molecule has 0 saturated carbocycles. The van der Waals surface area contributed by atoms with Crippen LogP contribution in [0.15, 0.2) is 81.2 Å². The summed E-state index contributed by atoms with van der Waals surface area (Å²) in [4.78, 5) is 40.9. The third kappa shape index (κ3) is 4.96. The lowest BCUT2D eigenvalue weighted by Crippen LogP contribution is -2.23. The molecule has 3 aromatic carbocycles. The van der Waals surface area contributed by atoms with Gasteiger partial charge in [-0.2, -0.15) is 0 Å². The molecule has 0 aliphatic heterocycles. The number of hydrogen-bond donors (Lipinski definition) is 1. The van der Waals surface area contributed by atoms with Gasteiger partial charge in [-0.05, 0) is 58.7 Å². The second-order valence-corrected chi connectivity index (χ2v) is 8.95. The third-order valence-corrected chi connectivity index (χ3v) is 6.37. The summed E-state index contributed by atoms with van der Waals surface area (Å²) >= 11 is 4.38. The molecule has 1 amide bonds. The first-order valence-corrected chi connectivity index (χ1v) is 11.6. The van der Waals surface area contributed by atoms with Crippen molar-refractivity contribution in [3.8, 4) is 5.69 Å². The molecule has 8 nitrogen and oxygen atoms in total. The second kappa shape index (κ2) is 9.55. The SMILES string of the molecule is Cc1cccc(-n2c(SCC(=O)Nc3ccc([N+](=O)[O-])cc3Br)nc3ccccc3c2=O)c1. The lowest BCUT2D eigenvalue weighted by atomic mass is 10.2. The number of nitro benzene ring substituents is 1. The lowest BCUT2D eigenvalue weighted by molar-refractivity contribution is -0.384. The molecular weight excluding hydrogens is 508 g/mol. The maximum atomic E-state index is 13.3. The quantitative estimate of drug-likeness (QED) is 0.163. The van der Waals surface area contributed by atoms with E-state index in [-0.39, 0.29) is 22.9 Å². The Bertz CT molecular complexity index is 1450. The Kier molecular flexibility index (Phi) is 6.57. The Balaban J connectivity index is 1.63. The van der Waals surface area contributed by atoms with Crippen LogP contribution in [0.1, 0.15) is 5.56 Å². The van der Waals surface area contributed by atoms with Crippen molar-refractivity contribution < 1.29 is 9.72 Å². The van der Waals surface area contributed by atoms with Gasteiger partial charge in [-0.3, -0.25) is 24.3 Å². The van der Waals surface area contributed by atoms with E-state index in [1.807, 2.05) is 31.2 Å². The van der Waals surface area contributed by atoms with E-state index >= 15 is 0 Å². The highest BCUT2D eigenvalue weighted by Crippen LogP contribution is 2.28. The minimum atomic E-state index is -0.512. The normalized spacial score (nSPS) is 10.8. The molecule has 1 aromatic heterocycles. The van der Waals surface area contributed by atoms with Gasteiger partial charge in [-0.1, -0.05) is 36.0 Å². The van der Waals surface area contributed by atoms with Crippen LogP contribution in [0.5, 0.6) is 0 Å². The Morgan fingerprint density at radius 2 is 1.94 bits per heavy atom. The Labute approximate surface area is 200 Å². The highest BCUT2D eigenvalue weighted by Gasteiger charge is 2.16. The molecule has 0 fully saturated rings. The average molecular weight is 525 g/mol. The van der Waals surface area contributed by atoms with E-state index in [1.165, 1.54) is 22.8 Å². The molecule has 1 N–H and O–H groups in total. The Morgan fingerprint density at radius 3 is 2.67 bits per heavy atom. The van der Waals surface area contributed by atoms with Crippen molar-refractivity contribution in [3.63, 3.8) is 0 Å². The number of anilines is 1. The predicted molar refractivity (Wildman–Crippen MR) is 132 cm³/mol. The third-order valence-electron chi connectivity index (χ3n) is 4.77. The van der Waals surface area contributed by atoms with Gasteiger partial charge in [0.15, 0.2) is 5.16 Å². The fraction of sp³-hybridized carbons (Fsp3) is 0.0870. The lowest BCUT2D eigenvalue weighted by Gasteiger charge is -2.14. The van der Waals surface area contributed by atoms with E-state index in [0.717, 1.165) is 17.3 Å². The average Bonchev–Trinajstić information content (AvgIpc) is 2.79. The standard InChI is InChI=1S/C23H17BrN4O4S/c1-14-5-4-6-15(11-14)27-22(30)17-7-2-3-8-19(17)26-23(27)33-13-21(29)25-20-10-9-16(28(31)32)12-18(20)24/h2-12H,13H2,1H3,(H,25,29). The number of benzene rings is 3. The minimum Gasteiger partial charge on any atom is -0.324 e. The maximum absolute atomic E-state index is 13.3. The largest absolute Gasteiger partial charge is 0.324 e. The number of aromatic nitrogens is 2. The van der Waals surface area contributed by atoms with Crippen LogP contribution in [-0.4, -0.2) is 26.1 Å². The molecular formula is C23H17BrN4O4S. The molecule has 4 aromatic rings. The van der Waals surface area contributed by atoms with Crippen LogP contribution in [0.4, 0.5) is 11.4 Å². The molecule has 0 unspecified atom stereocenters. The molecule has 0 atom stereocenters. The summed E-state index contributed by atoms with van der Waals surface area (Å²) in [5.74, 6) is -0.354. The van der Waals surface area contributed by atoms with Crippen molar-refractivity contribution >= 4 is 55.9 Å². The van der Waals surface area contributed by atoms with Crippen molar-refractivity contribution in [1.29, 1.82) is 0 Å². The number of nitrogens with zero attached hydrogens (tertiary/aromatic N) is 3. The number of thioether (sulfide) groups is 1. The second-order valence-electron chi connectivity index (χ2n) is 7.15. The predicted octanol–water partition coefficient (Wildman–Crippen LogP) is 5.10. The first kappa shape index (κ1) is 22.7. The van der Waals surface area contributed by atoms with Crippen LogP contribution in [0, 0.1) is 17.0 Å². The van der Waals surface area contributed by atoms with Gasteiger partial charge >= 0.3 is 0 Å². The number of carbonyl (C=O) groups is 1. The summed E-state index contributed by atoms with van der Waals surface area (Å²) in [7, 11) is 0. The van der Waals surface area contributed by atoms with E-state index in [0.29, 0.717) is 31.9 Å². The number of fused-ring (bicyclic) bond motifs is 1. The first-order chi connectivity index (χ1) is 15.8. The molecule has 0 aliphatic carbocycles. The summed E-state index contributed by atoms with van der Waals surface area (Å²) in [6.45, 7) is 1.94. The van der Waals surface area contributed by atoms with Gasteiger partial charge in [-0.15, -0.1) is 0 Å². The molecule has 10 heteroatoms. The summed E-state index contributed by atoms with van der Waals surface area (Å²) in [6, 6.07) is 18.7.